The van der Waals surface area contributed by atoms with Gasteiger partial charge in [0.2, 0.25) is 0 Å². The van der Waals surface area contributed by atoms with Crippen LogP contribution in [0.4, 0.5) is 0 Å². The van der Waals surface area contributed by atoms with Crippen molar-refractivity contribution in [3.05, 3.63) is 0 Å². The Balaban J connectivity index is 2.52. The largest absolute Gasteiger partial charge is 0.390 e. The molecule has 2 nitrogen and oxygen atoms in total. The number of hydrogen-bond donors (Lipinski definition) is 2. The van der Waals surface area contributed by atoms with Crippen molar-refractivity contribution in [1.82, 2.24) is 5.32 Å². The fourth-order valence-electron chi connectivity index (χ4n) is 1.36. The van der Waals surface area contributed by atoms with Gasteiger partial charge < -0.3 is 10.4 Å². The van der Waals surface area contributed by atoms with Crippen LogP contribution in [-0.4, -0.2) is 23.8 Å². The molecular weight excluding hydrogens is 126 g/mol. The molecule has 2 atom stereocenters. The van der Waals surface area contributed by atoms with Crippen LogP contribution in [0.2, 0.25) is 0 Å². The zero-order valence-corrected chi connectivity index (χ0v) is 6.85. The summed E-state index contributed by atoms with van der Waals surface area (Å²) in [6.07, 6.45) is 2.03. The van der Waals surface area contributed by atoms with Gasteiger partial charge in [-0.25, -0.2) is 0 Å². The minimum Gasteiger partial charge on any atom is -0.390 e. The second-order valence-corrected chi connectivity index (χ2v) is 3.57. The van der Waals surface area contributed by atoms with E-state index in [1.165, 1.54) is 0 Å². The second kappa shape index (κ2) is 2.89. The number of hydrogen-bond acceptors (Lipinski definition) is 2. The minimum atomic E-state index is -0.441. The van der Waals surface area contributed by atoms with E-state index in [0.29, 0.717) is 5.92 Å². The third kappa shape index (κ3) is 1.70. The zero-order chi connectivity index (χ0) is 7.61. The summed E-state index contributed by atoms with van der Waals surface area (Å²) in [5.74, 6) is 0.384. The summed E-state index contributed by atoms with van der Waals surface area (Å²) in [5, 5.41) is 13.1. The summed E-state index contributed by atoms with van der Waals surface area (Å²) in [7, 11) is 0. The van der Waals surface area contributed by atoms with Crippen LogP contribution < -0.4 is 5.32 Å². The van der Waals surface area contributed by atoms with Crippen molar-refractivity contribution in [1.29, 1.82) is 0 Å². The first kappa shape index (κ1) is 8.02. The quantitative estimate of drug-likeness (QED) is 0.524. The van der Waals surface area contributed by atoms with Crippen LogP contribution in [0.5, 0.6) is 0 Å². The molecule has 1 rings (SSSR count). The van der Waals surface area contributed by atoms with Crippen molar-refractivity contribution < 1.29 is 5.11 Å². The summed E-state index contributed by atoms with van der Waals surface area (Å²) in [5.41, 5.74) is -0.441. The number of aliphatic hydroxyl groups is 1. The molecule has 1 fully saturated rings. The Morgan fingerprint density at radius 1 is 1.60 bits per heavy atom. The van der Waals surface area contributed by atoms with E-state index in [9.17, 15) is 5.11 Å². The number of rotatable bonds is 0. The molecule has 10 heavy (non-hydrogen) atoms. The Labute approximate surface area is 62.6 Å². The van der Waals surface area contributed by atoms with Crippen LogP contribution in [0, 0.1) is 5.92 Å². The average molecular weight is 143 g/mol. The van der Waals surface area contributed by atoms with E-state index in [4.69, 9.17) is 0 Å². The van der Waals surface area contributed by atoms with Gasteiger partial charge in [-0.05, 0) is 32.2 Å². The van der Waals surface area contributed by atoms with Gasteiger partial charge in [0.25, 0.3) is 0 Å². The molecule has 1 saturated heterocycles. The van der Waals surface area contributed by atoms with Gasteiger partial charge in [-0.1, -0.05) is 6.92 Å². The van der Waals surface area contributed by atoms with Crippen molar-refractivity contribution in [3.63, 3.8) is 0 Å². The van der Waals surface area contributed by atoms with Crippen molar-refractivity contribution in [3.8, 4) is 0 Å². The Hall–Kier alpha value is -0.0800. The topological polar surface area (TPSA) is 32.3 Å². The standard InChI is InChI=1S/C8H17NO/c1-7-6-9-5-3-4-8(7,2)10/h7,9-10H,3-6H2,1-2H3/t7-,8-/m1/s1. The Kier molecular flexibility index (Phi) is 2.32. The highest BCUT2D eigenvalue weighted by molar-refractivity contribution is 4.83. The molecule has 0 aliphatic carbocycles. The Bertz CT molecular complexity index is 112. The van der Waals surface area contributed by atoms with Crippen molar-refractivity contribution in [2.24, 2.45) is 5.92 Å². The fourth-order valence-corrected chi connectivity index (χ4v) is 1.36. The molecule has 60 valence electrons. The van der Waals surface area contributed by atoms with Gasteiger partial charge in [0.15, 0.2) is 0 Å². The van der Waals surface area contributed by atoms with Crippen LogP contribution in [0.15, 0.2) is 0 Å². The lowest BCUT2D eigenvalue weighted by Crippen LogP contribution is -2.35. The lowest BCUT2D eigenvalue weighted by atomic mass is 9.88. The molecule has 0 spiro atoms. The highest BCUT2D eigenvalue weighted by Crippen LogP contribution is 2.23. The maximum absolute atomic E-state index is 9.78. The van der Waals surface area contributed by atoms with Gasteiger partial charge in [-0.2, -0.15) is 0 Å². The van der Waals surface area contributed by atoms with Crippen molar-refractivity contribution in [2.45, 2.75) is 32.3 Å². The third-order valence-electron chi connectivity index (χ3n) is 2.55. The van der Waals surface area contributed by atoms with E-state index < -0.39 is 5.60 Å². The SMILES string of the molecule is C[C@@H]1CNCCC[C@@]1(C)O. The first-order valence-electron chi connectivity index (χ1n) is 4.06. The predicted octanol–water partition coefficient (Wildman–Crippen LogP) is 0.757. The fraction of sp³-hybridized carbons (Fsp3) is 1.00. The van der Waals surface area contributed by atoms with Gasteiger partial charge in [0, 0.05) is 6.54 Å². The van der Waals surface area contributed by atoms with E-state index in [2.05, 4.69) is 12.2 Å². The summed E-state index contributed by atoms with van der Waals surface area (Å²) in [6.45, 7) is 6.04. The average Bonchev–Trinajstić information content (AvgIpc) is 1.96. The van der Waals surface area contributed by atoms with Gasteiger partial charge >= 0.3 is 0 Å². The molecule has 0 amide bonds. The molecular formula is C8H17NO. The summed E-state index contributed by atoms with van der Waals surface area (Å²) in [6, 6.07) is 0. The zero-order valence-electron chi connectivity index (χ0n) is 6.85. The number of nitrogens with one attached hydrogen (secondary N) is 1. The predicted molar refractivity (Wildman–Crippen MR) is 41.9 cm³/mol. The molecule has 0 aromatic heterocycles. The molecule has 1 aliphatic heterocycles. The molecule has 0 saturated carbocycles. The molecule has 0 aromatic carbocycles. The van der Waals surface area contributed by atoms with Gasteiger partial charge in [0.1, 0.15) is 0 Å². The van der Waals surface area contributed by atoms with Gasteiger partial charge in [-0.15, -0.1) is 0 Å². The Morgan fingerprint density at radius 3 is 3.00 bits per heavy atom. The van der Waals surface area contributed by atoms with Gasteiger partial charge in [0.05, 0.1) is 5.60 Å². The summed E-state index contributed by atoms with van der Waals surface area (Å²) >= 11 is 0. The third-order valence-corrected chi connectivity index (χ3v) is 2.55. The monoisotopic (exact) mass is 143 g/mol. The first-order chi connectivity index (χ1) is 4.63. The van der Waals surface area contributed by atoms with Crippen LogP contribution >= 0.6 is 0 Å². The molecule has 0 unspecified atom stereocenters. The summed E-state index contributed by atoms with van der Waals surface area (Å²) < 4.78 is 0. The highest BCUT2D eigenvalue weighted by Gasteiger charge is 2.28. The summed E-state index contributed by atoms with van der Waals surface area (Å²) in [4.78, 5) is 0. The smallest absolute Gasteiger partial charge is 0.0657 e. The Morgan fingerprint density at radius 2 is 2.30 bits per heavy atom. The van der Waals surface area contributed by atoms with Crippen LogP contribution in [0.1, 0.15) is 26.7 Å². The first-order valence-corrected chi connectivity index (χ1v) is 4.06. The molecule has 0 bridgehead atoms. The molecule has 1 aliphatic rings. The molecule has 2 N–H and O–H groups in total. The maximum atomic E-state index is 9.78. The second-order valence-electron chi connectivity index (χ2n) is 3.57. The lowest BCUT2D eigenvalue weighted by molar-refractivity contribution is 0.00520. The van der Waals surface area contributed by atoms with Crippen molar-refractivity contribution in [2.75, 3.05) is 13.1 Å². The van der Waals surface area contributed by atoms with E-state index in [0.717, 1.165) is 25.9 Å². The van der Waals surface area contributed by atoms with E-state index >= 15 is 0 Å². The molecule has 2 heteroatoms. The van der Waals surface area contributed by atoms with Crippen LogP contribution in [0.25, 0.3) is 0 Å². The lowest BCUT2D eigenvalue weighted by Gasteiger charge is -2.27. The highest BCUT2D eigenvalue weighted by atomic mass is 16.3. The van der Waals surface area contributed by atoms with E-state index in [-0.39, 0.29) is 0 Å². The van der Waals surface area contributed by atoms with E-state index in [1.54, 1.807) is 0 Å². The normalized spacial score (nSPS) is 42.9. The molecule has 1 heterocycles. The van der Waals surface area contributed by atoms with E-state index in [1.807, 2.05) is 6.92 Å². The van der Waals surface area contributed by atoms with Crippen molar-refractivity contribution >= 4 is 0 Å². The van der Waals surface area contributed by atoms with Crippen LogP contribution in [0.3, 0.4) is 0 Å². The van der Waals surface area contributed by atoms with Gasteiger partial charge in [-0.3, -0.25) is 0 Å². The maximum Gasteiger partial charge on any atom is 0.0657 e. The minimum absolute atomic E-state index is 0.384. The molecule has 0 aromatic rings. The molecule has 0 radical (unpaired) electrons. The van der Waals surface area contributed by atoms with Crippen LogP contribution in [-0.2, 0) is 0 Å².